The summed E-state index contributed by atoms with van der Waals surface area (Å²) in [7, 11) is 0. The zero-order chi connectivity index (χ0) is 18.0. The van der Waals surface area contributed by atoms with Crippen LogP contribution < -0.4 is 5.32 Å². The second-order valence-corrected chi connectivity index (χ2v) is 5.44. The van der Waals surface area contributed by atoms with Gasteiger partial charge in [0, 0.05) is 11.6 Å². The lowest BCUT2D eigenvalue weighted by Gasteiger charge is -2.26. The van der Waals surface area contributed by atoms with Gasteiger partial charge in [0.1, 0.15) is 17.1 Å². The van der Waals surface area contributed by atoms with E-state index >= 15 is 0 Å². The monoisotopic (exact) mass is 338 g/mol. The average molecular weight is 338 g/mol. The van der Waals surface area contributed by atoms with E-state index in [1.54, 1.807) is 24.3 Å². The molecule has 0 spiro atoms. The quantitative estimate of drug-likeness (QED) is 0.584. The van der Waals surface area contributed by atoms with E-state index in [9.17, 15) is 24.6 Å². The summed E-state index contributed by atoms with van der Waals surface area (Å²) in [6.07, 6.45) is 1.18. The van der Waals surface area contributed by atoms with Crippen LogP contribution in [-0.4, -0.2) is 33.0 Å². The third-order valence-electron chi connectivity index (χ3n) is 3.68. The van der Waals surface area contributed by atoms with Crippen molar-refractivity contribution in [1.29, 1.82) is 0 Å². The van der Waals surface area contributed by atoms with Crippen molar-refractivity contribution in [3.8, 4) is 11.5 Å². The van der Waals surface area contributed by atoms with Crippen molar-refractivity contribution in [2.75, 3.05) is 0 Å². The zero-order valence-electron chi connectivity index (χ0n) is 13.0. The number of hydrogen-bond acceptors (Lipinski definition) is 5. The normalized spacial score (nSPS) is 16.2. The molecule has 7 nitrogen and oxygen atoms in total. The van der Waals surface area contributed by atoms with E-state index in [4.69, 9.17) is 0 Å². The Hall–Kier alpha value is -3.61. The fraction of sp³-hybridized carbons (Fsp3) is 0.0556. The summed E-state index contributed by atoms with van der Waals surface area (Å²) < 4.78 is 0. The van der Waals surface area contributed by atoms with Gasteiger partial charge in [-0.3, -0.25) is 19.8 Å². The number of carbonyl (C=O) groups is 3. The van der Waals surface area contributed by atoms with Crippen LogP contribution in [0.5, 0.6) is 11.5 Å². The minimum absolute atomic E-state index is 0.0116. The van der Waals surface area contributed by atoms with Gasteiger partial charge in [-0.2, -0.15) is 0 Å². The highest BCUT2D eigenvalue weighted by atomic mass is 16.3. The van der Waals surface area contributed by atoms with Gasteiger partial charge in [0.15, 0.2) is 0 Å². The molecule has 1 aliphatic rings. The smallest absolute Gasteiger partial charge is 0.331 e. The van der Waals surface area contributed by atoms with E-state index in [0.29, 0.717) is 0 Å². The van der Waals surface area contributed by atoms with Crippen LogP contribution in [0, 0.1) is 0 Å². The second-order valence-electron chi connectivity index (χ2n) is 5.44. The number of nitrogens with one attached hydrogen (secondary N) is 1. The van der Waals surface area contributed by atoms with Crippen LogP contribution in [0.1, 0.15) is 11.1 Å². The Morgan fingerprint density at radius 1 is 1.00 bits per heavy atom. The fourth-order valence-corrected chi connectivity index (χ4v) is 2.41. The molecule has 126 valence electrons. The third-order valence-corrected chi connectivity index (χ3v) is 3.68. The molecule has 4 amide bonds. The summed E-state index contributed by atoms with van der Waals surface area (Å²) >= 11 is 0. The molecule has 1 fully saturated rings. The molecule has 1 aliphatic heterocycles. The number of urea groups is 1. The van der Waals surface area contributed by atoms with Gasteiger partial charge in [0.2, 0.25) is 0 Å². The van der Waals surface area contributed by atoms with Gasteiger partial charge in [-0.05, 0) is 23.8 Å². The number of benzene rings is 2. The molecule has 2 aromatic carbocycles. The minimum atomic E-state index is -0.841. The Bertz CT molecular complexity index is 890. The van der Waals surface area contributed by atoms with Crippen molar-refractivity contribution in [2.45, 2.75) is 6.54 Å². The number of phenolic OH excluding ortho intramolecular Hbond substituents is 2. The van der Waals surface area contributed by atoms with Crippen molar-refractivity contribution in [1.82, 2.24) is 10.2 Å². The molecule has 0 aromatic heterocycles. The molecule has 0 bridgehead atoms. The first-order valence-corrected chi connectivity index (χ1v) is 7.40. The Morgan fingerprint density at radius 3 is 2.40 bits per heavy atom. The van der Waals surface area contributed by atoms with Crippen LogP contribution >= 0.6 is 0 Å². The van der Waals surface area contributed by atoms with E-state index in [-0.39, 0.29) is 29.2 Å². The van der Waals surface area contributed by atoms with Crippen molar-refractivity contribution in [3.63, 3.8) is 0 Å². The van der Waals surface area contributed by atoms with Crippen LogP contribution in [-0.2, 0) is 16.1 Å². The molecule has 3 N–H and O–H groups in total. The summed E-state index contributed by atoms with van der Waals surface area (Å²) in [5, 5.41) is 21.2. The first-order chi connectivity index (χ1) is 12.0. The number of carbonyl (C=O) groups excluding carboxylic acids is 3. The van der Waals surface area contributed by atoms with Crippen molar-refractivity contribution >= 4 is 23.9 Å². The van der Waals surface area contributed by atoms with Crippen LogP contribution in [0.15, 0.2) is 54.1 Å². The molecule has 0 saturated carbocycles. The maximum atomic E-state index is 12.6. The van der Waals surface area contributed by atoms with Crippen molar-refractivity contribution in [2.24, 2.45) is 0 Å². The van der Waals surface area contributed by atoms with Gasteiger partial charge in [0.05, 0.1) is 6.54 Å². The summed E-state index contributed by atoms with van der Waals surface area (Å²) in [4.78, 5) is 37.5. The summed E-state index contributed by atoms with van der Waals surface area (Å²) in [5.74, 6) is -2.04. The van der Waals surface area contributed by atoms with Crippen LogP contribution in [0.3, 0.4) is 0 Å². The topological polar surface area (TPSA) is 107 Å². The van der Waals surface area contributed by atoms with Gasteiger partial charge >= 0.3 is 6.03 Å². The number of rotatable bonds is 3. The fourth-order valence-electron chi connectivity index (χ4n) is 2.41. The van der Waals surface area contributed by atoms with Crippen molar-refractivity contribution in [3.05, 3.63) is 65.2 Å². The molecule has 7 heteroatoms. The molecule has 1 heterocycles. The summed E-state index contributed by atoms with van der Waals surface area (Å²) in [6.45, 7) is 0.0116. The van der Waals surface area contributed by atoms with E-state index in [1.165, 1.54) is 18.2 Å². The highest BCUT2D eigenvalue weighted by Gasteiger charge is 2.35. The molecule has 2 aromatic rings. The third kappa shape index (κ3) is 3.35. The maximum absolute atomic E-state index is 12.6. The Balaban J connectivity index is 1.93. The molecular formula is C18H14N2O5. The maximum Gasteiger partial charge on any atom is 0.331 e. The van der Waals surface area contributed by atoms with E-state index in [2.05, 4.69) is 5.32 Å². The number of imide groups is 2. The van der Waals surface area contributed by atoms with E-state index in [0.717, 1.165) is 16.5 Å². The van der Waals surface area contributed by atoms with Gasteiger partial charge in [-0.1, -0.05) is 30.3 Å². The van der Waals surface area contributed by atoms with Gasteiger partial charge in [-0.15, -0.1) is 0 Å². The number of barbiturate groups is 1. The van der Waals surface area contributed by atoms with Crippen molar-refractivity contribution < 1.29 is 24.6 Å². The minimum Gasteiger partial charge on any atom is -0.508 e. The number of phenols is 2. The molecule has 0 unspecified atom stereocenters. The van der Waals surface area contributed by atoms with Gasteiger partial charge < -0.3 is 10.2 Å². The molecule has 0 aliphatic carbocycles. The Kier molecular flexibility index (Phi) is 4.21. The zero-order valence-corrected chi connectivity index (χ0v) is 13.0. The van der Waals surface area contributed by atoms with Crippen LogP contribution in [0.4, 0.5) is 4.79 Å². The van der Waals surface area contributed by atoms with E-state index in [1.807, 2.05) is 6.07 Å². The molecule has 1 saturated heterocycles. The number of aromatic hydroxyl groups is 2. The number of nitrogens with zero attached hydrogens (tertiary/aromatic N) is 1. The van der Waals surface area contributed by atoms with Gasteiger partial charge in [0.25, 0.3) is 11.8 Å². The Morgan fingerprint density at radius 2 is 1.72 bits per heavy atom. The van der Waals surface area contributed by atoms with E-state index < -0.39 is 17.8 Å². The lowest BCUT2D eigenvalue weighted by Crippen LogP contribution is -2.53. The highest BCUT2D eigenvalue weighted by Crippen LogP contribution is 2.26. The molecule has 25 heavy (non-hydrogen) atoms. The summed E-state index contributed by atoms with van der Waals surface area (Å²) in [5.41, 5.74) is 0.619. The predicted molar refractivity (Wildman–Crippen MR) is 88.3 cm³/mol. The van der Waals surface area contributed by atoms with Crippen LogP contribution in [0.25, 0.3) is 6.08 Å². The number of hydrogen-bond donors (Lipinski definition) is 3. The standard InChI is InChI=1S/C18H14N2O5/c21-13-7-6-12(15(22)9-13)8-14-16(23)19-18(25)20(17(14)24)10-11-4-2-1-3-5-11/h1-9,21-22H,10H2,(H,19,23,25)/b14-8-. The SMILES string of the molecule is O=C1NC(=O)N(Cc2ccccc2)C(=O)/C1=C\c1ccc(O)cc1O. The summed E-state index contributed by atoms with van der Waals surface area (Å²) in [6, 6.07) is 11.8. The molecular weight excluding hydrogens is 324 g/mol. The largest absolute Gasteiger partial charge is 0.508 e. The predicted octanol–water partition coefficient (Wildman–Crippen LogP) is 1.76. The first kappa shape index (κ1) is 16.3. The van der Waals surface area contributed by atoms with Gasteiger partial charge in [-0.25, -0.2) is 4.79 Å². The second kappa shape index (κ2) is 6.48. The number of amides is 4. The Labute approximate surface area is 142 Å². The molecule has 0 radical (unpaired) electrons. The first-order valence-electron chi connectivity index (χ1n) is 7.40. The van der Waals surface area contributed by atoms with Crippen LogP contribution in [0.2, 0.25) is 0 Å². The molecule has 3 rings (SSSR count). The lowest BCUT2D eigenvalue weighted by atomic mass is 10.1. The average Bonchev–Trinajstić information content (AvgIpc) is 2.58. The molecule has 0 atom stereocenters. The lowest BCUT2D eigenvalue weighted by molar-refractivity contribution is -0.130. The highest BCUT2D eigenvalue weighted by molar-refractivity contribution is 6.31.